The molecule has 0 saturated carbocycles. The van der Waals surface area contributed by atoms with Gasteiger partial charge in [-0.15, -0.1) is 0 Å². The van der Waals surface area contributed by atoms with E-state index in [1.807, 2.05) is 6.92 Å². The fourth-order valence-electron chi connectivity index (χ4n) is 4.64. The minimum Gasteiger partial charge on any atom is -0.461 e. The molecule has 37 heavy (non-hydrogen) atoms. The van der Waals surface area contributed by atoms with Gasteiger partial charge in [0.1, 0.15) is 11.3 Å². The molecule has 9 nitrogen and oxygen atoms in total. The number of hydrogen-bond donors (Lipinski definition) is 0. The van der Waals surface area contributed by atoms with Gasteiger partial charge in [0.15, 0.2) is 5.78 Å². The molecule has 3 aromatic carbocycles. The summed E-state index contributed by atoms with van der Waals surface area (Å²) in [5.74, 6) is -0.797. The minimum atomic E-state index is -4.47. The van der Waals surface area contributed by atoms with Gasteiger partial charge in [-0.1, -0.05) is 17.7 Å². The molecule has 0 aliphatic heterocycles. The highest BCUT2D eigenvalue weighted by Gasteiger charge is 2.35. The van der Waals surface area contributed by atoms with Crippen molar-refractivity contribution in [3.05, 3.63) is 98.3 Å². The van der Waals surface area contributed by atoms with Crippen LogP contribution in [0.1, 0.15) is 50.1 Å². The van der Waals surface area contributed by atoms with Crippen molar-refractivity contribution in [2.45, 2.75) is 39.5 Å². The van der Waals surface area contributed by atoms with E-state index in [-0.39, 0.29) is 27.6 Å². The fourth-order valence-corrected chi connectivity index (χ4v) is 6.47. The number of fused-ring (bicyclic) bond motifs is 1. The number of benzene rings is 3. The summed E-state index contributed by atoms with van der Waals surface area (Å²) in [6, 6.07) is 12.5. The molecule has 0 aliphatic carbocycles. The van der Waals surface area contributed by atoms with Crippen LogP contribution in [0, 0.1) is 37.8 Å². The van der Waals surface area contributed by atoms with Crippen LogP contribution in [-0.4, -0.2) is 25.0 Å². The van der Waals surface area contributed by atoms with Crippen molar-refractivity contribution in [3.8, 4) is 0 Å². The molecule has 0 aliphatic rings. The highest BCUT2D eigenvalue weighted by Crippen LogP contribution is 2.35. The fraction of sp³-hybridized carbons (Fsp3) is 0.185. The largest absolute Gasteiger partial charge is 0.461 e. The Morgan fingerprint density at radius 2 is 1.51 bits per heavy atom. The summed E-state index contributed by atoms with van der Waals surface area (Å²) in [6.45, 7) is 8.15. The van der Waals surface area contributed by atoms with Gasteiger partial charge in [0.25, 0.3) is 21.6 Å². The van der Waals surface area contributed by atoms with Crippen molar-refractivity contribution in [1.29, 1.82) is 0 Å². The first-order chi connectivity index (χ1) is 17.3. The second kappa shape index (κ2) is 9.29. The average Bonchev–Trinajstić information content (AvgIpc) is 3.13. The summed E-state index contributed by atoms with van der Waals surface area (Å²) < 4.78 is 34.6. The van der Waals surface area contributed by atoms with E-state index in [0.717, 1.165) is 17.7 Å². The summed E-state index contributed by atoms with van der Waals surface area (Å²) in [4.78, 5) is 36.5. The van der Waals surface area contributed by atoms with Crippen molar-refractivity contribution in [3.63, 3.8) is 0 Å². The highest BCUT2D eigenvalue weighted by atomic mass is 32.2. The van der Waals surface area contributed by atoms with Gasteiger partial charge in [0.05, 0.1) is 21.1 Å². The molecule has 1 aromatic heterocycles. The lowest BCUT2D eigenvalue weighted by atomic mass is 10.1. The van der Waals surface area contributed by atoms with Gasteiger partial charge in [0, 0.05) is 23.1 Å². The number of amides is 1. The third kappa shape index (κ3) is 4.51. The van der Waals surface area contributed by atoms with E-state index < -0.39 is 20.9 Å². The van der Waals surface area contributed by atoms with Crippen LogP contribution in [0.4, 0.5) is 11.4 Å². The van der Waals surface area contributed by atoms with E-state index in [9.17, 15) is 28.1 Å². The molecule has 4 rings (SSSR count). The lowest BCUT2D eigenvalue weighted by Crippen LogP contribution is -2.37. The molecular formula is C27H24N2O7S. The highest BCUT2D eigenvalue weighted by molar-refractivity contribution is 7.93. The quantitative estimate of drug-likeness (QED) is 0.178. The van der Waals surface area contributed by atoms with Crippen LogP contribution in [-0.2, 0) is 10.0 Å². The first-order valence-corrected chi connectivity index (χ1v) is 12.7. The Morgan fingerprint density at radius 3 is 2.05 bits per heavy atom. The van der Waals surface area contributed by atoms with Crippen LogP contribution in [0.3, 0.4) is 0 Å². The van der Waals surface area contributed by atoms with Crippen LogP contribution in [0.5, 0.6) is 0 Å². The number of hydrogen-bond acceptors (Lipinski definition) is 7. The second-order valence-corrected chi connectivity index (χ2v) is 10.6. The van der Waals surface area contributed by atoms with E-state index in [2.05, 4.69) is 0 Å². The van der Waals surface area contributed by atoms with Crippen LogP contribution >= 0.6 is 0 Å². The number of aryl methyl sites for hydroxylation is 4. The van der Waals surface area contributed by atoms with Crippen molar-refractivity contribution < 1.29 is 27.3 Å². The summed E-state index contributed by atoms with van der Waals surface area (Å²) >= 11 is 0. The lowest BCUT2D eigenvalue weighted by molar-refractivity contribution is -0.384. The molecule has 0 saturated heterocycles. The van der Waals surface area contributed by atoms with Gasteiger partial charge in [-0.05, 0) is 76.1 Å². The molecule has 190 valence electrons. The monoisotopic (exact) mass is 520 g/mol. The van der Waals surface area contributed by atoms with E-state index >= 15 is 0 Å². The normalized spacial score (nSPS) is 11.5. The third-order valence-corrected chi connectivity index (χ3v) is 8.06. The molecule has 1 amide bonds. The zero-order chi connectivity index (χ0) is 27.2. The standard InChI is InChI=1S/C27H24N2O7S/c1-15-12-16(2)26(17(3)13-15)37(34,35)28(27(31)20-6-8-21(9-7-20)29(32)33)22-10-11-24-23(14-22)25(18(4)30)19(5)36-24/h6-14H,1-5H3. The van der Waals surface area contributed by atoms with Gasteiger partial charge in [-0.2, -0.15) is 4.31 Å². The Kier molecular flexibility index (Phi) is 6.47. The summed E-state index contributed by atoms with van der Waals surface area (Å²) in [5, 5.41) is 11.4. The van der Waals surface area contributed by atoms with Gasteiger partial charge in [-0.25, -0.2) is 8.42 Å². The number of Topliss-reactive ketones (excluding diaryl/α,β-unsaturated/α-hetero) is 1. The molecule has 1 heterocycles. The number of nitro benzene ring substituents is 1. The minimum absolute atomic E-state index is 0.00136. The maximum atomic E-state index is 14.1. The number of carbonyl (C=O) groups excluding carboxylic acids is 2. The molecule has 0 N–H and O–H groups in total. The average molecular weight is 521 g/mol. The Bertz CT molecular complexity index is 1680. The number of nitrogens with zero attached hydrogens (tertiary/aromatic N) is 2. The maximum absolute atomic E-state index is 14.1. The molecule has 0 fully saturated rings. The Labute approximate surface area is 213 Å². The molecular weight excluding hydrogens is 496 g/mol. The maximum Gasteiger partial charge on any atom is 0.272 e. The van der Waals surface area contributed by atoms with Gasteiger partial charge >= 0.3 is 0 Å². The number of carbonyl (C=O) groups is 2. The third-order valence-electron chi connectivity index (χ3n) is 6.05. The first-order valence-electron chi connectivity index (χ1n) is 11.3. The Morgan fingerprint density at radius 1 is 0.919 bits per heavy atom. The number of anilines is 1. The molecule has 4 aromatic rings. The van der Waals surface area contributed by atoms with Crippen molar-refractivity contribution in [2.24, 2.45) is 0 Å². The van der Waals surface area contributed by atoms with E-state index in [1.54, 1.807) is 32.9 Å². The number of furan rings is 1. The summed E-state index contributed by atoms with van der Waals surface area (Å²) in [7, 11) is -4.47. The SMILES string of the molecule is CC(=O)c1c(C)oc2ccc(N(C(=O)c3ccc([N+](=O)[O-])cc3)S(=O)(=O)c3c(C)cc(C)cc3C)cc12. The van der Waals surface area contributed by atoms with Gasteiger partial charge in [0.2, 0.25) is 0 Å². The predicted molar refractivity (Wildman–Crippen MR) is 139 cm³/mol. The molecule has 0 bridgehead atoms. The molecule has 0 unspecified atom stereocenters. The van der Waals surface area contributed by atoms with Gasteiger partial charge < -0.3 is 4.42 Å². The Hall–Kier alpha value is -4.31. The van der Waals surface area contributed by atoms with Crippen LogP contribution in [0.2, 0.25) is 0 Å². The Balaban J connectivity index is 1.99. The first kappa shape index (κ1) is 25.8. The second-order valence-electron chi connectivity index (χ2n) is 8.88. The molecule has 0 radical (unpaired) electrons. The van der Waals surface area contributed by atoms with E-state index in [0.29, 0.717) is 37.7 Å². The number of non-ortho nitro benzene ring substituents is 1. The molecule has 10 heteroatoms. The van der Waals surface area contributed by atoms with Crippen LogP contribution in [0.25, 0.3) is 11.0 Å². The number of nitro groups is 1. The summed E-state index contributed by atoms with van der Waals surface area (Å²) in [6.07, 6.45) is 0. The molecule has 0 atom stereocenters. The summed E-state index contributed by atoms with van der Waals surface area (Å²) in [5.41, 5.74) is 2.15. The van der Waals surface area contributed by atoms with Crippen molar-refractivity contribution in [1.82, 2.24) is 0 Å². The zero-order valence-electron chi connectivity index (χ0n) is 20.9. The lowest BCUT2D eigenvalue weighted by Gasteiger charge is -2.25. The number of rotatable bonds is 6. The van der Waals surface area contributed by atoms with Crippen molar-refractivity contribution >= 4 is 44.1 Å². The zero-order valence-corrected chi connectivity index (χ0v) is 21.7. The van der Waals surface area contributed by atoms with Crippen LogP contribution < -0.4 is 4.31 Å². The molecule has 0 spiro atoms. The van der Waals surface area contributed by atoms with Crippen LogP contribution in [0.15, 0.2) is 63.9 Å². The van der Waals surface area contributed by atoms with E-state index in [4.69, 9.17) is 4.42 Å². The van der Waals surface area contributed by atoms with Crippen molar-refractivity contribution in [2.75, 3.05) is 4.31 Å². The van der Waals surface area contributed by atoms with E-state index in [1.165, 1.54) is 37.3 Å². The number of ketones is 1. The topological polar surface area (TPSA) is 128 Å². The predicted octanol–water partition coefficient (Wildman–Crippen LogP) is 5.81. The smallest absolute Gasteiger partial charge is 0.272 e. The van der Waals surface area contributed by atoms with Gasteiger partial charge in [-0.3, -0.25) is 19.7 Å². The number of sulfonamides is 1.